The number of nitrogens with one attached hydrogen (secondary N) is 1. The number of nitrogens with zero attached hydrogens (tertiary/aromatic N) is 1. The molecule has 0 aliphatic rings. The fourth-order valence-corrected chi connectivity index (χ4v) is 2.41. The summed E-state index contributed by atoms with van der Waals surface area (Å²) in [5.41, 5.74) is 0.777. The zero-order valence-corrected chi connectivity index (χ0v) is 13.1. The van der Waals surface area contributed by atoms with Crippen molar-refractivity contribution in [3.05, 3.63) is 42.0 Å². The molecule has 0 radical (unpaired) electrons. The molecule has 126 valence electrons. The maximum atomic E-state index is 12.8. The highest BCUT2D eigenvalue weighted by Crippen LogP contribution is 2.34. The Morgan fingerprint density at radius 1 is 1.08 bits per heavy atom. The van der Waals surface area contributed by atoms with Crippen molar-refractivity contribution in [3.8, 4) is 22.9 Å². The number of hydrogen-bond donors (Lipinski definition) is 1. The Kier molecular flexibility index (Phi) is 4.09. The van der Waals surface area contributed by atoms with E-state index in [1.807, 2.05) is 6.92 Å². The molecule has 0 aliphatic heterocycles. The highest BCUT2D eigenvalue weighted by Gasteiger charge is 2.30. The van der Waals surface area contributed by atoms with Crippen molar-refractivity contribution in [2.75, 3.05) is 13.7 Å². The van der Waals surface area contributed by atoms with Gasteiger partial charge in [-0.05, 0) is 43.3 Å². The van der Waals surface area contributed by atoms with E-state index in [-0.39, 0.29) is 0 Å². The number of alkyl halides is 3. The summed E-state index contributed by atoms with van der Waals surface area (Å²) in [4.78, 5) is 7.27. The fraction of sp³-hybridized carbons (Fsp3) is 0.235. The number of fused-ring (bicyclic) bond motifs is 1. The molecule has 1 N–H and O–H groups in total. The number of hydrogen-bond acceptors (Lipinski definition) is 3. The molecule has 0 fully saturated rings. The van der Waals surface area contributed by atoms with E-state index >= 15 is 0 Å². The molecule has 0 aliphatic carbocycles. The van der Waals surface area contributed by atoms with E-state index in [0.29, 0.717) is 40.5 Å². The Morgan fingerprint density at radius 3 is 2.54 bits per heavy atom. The molecular formula is C17H15F3N2O2. The van der Waals surface area contributed by atoms with Crippen LogP contribution >= 0.6 is 0 Å². The lowest BCUT2D eigenvalue weighted by molar-refractivity contribution is -0.137. The smallest absolute Gasteiger partial charge is 0.416 e. The van der Waals surface area contributed by atoms with Crippen LogP contribution in [0.4, 0.5) is 13.2 Å². The third kappa shape index (κ3) is 3.02. The molecule has 0 atom stereocenters. The van der Waals surface area contributed by atoms with Gasteiger partial charge in [-0.2, -0.15) is 13.2 Å². The lowest BCUT2D eigenvalue weighted by Gasteiger charge is -2.10. The van der Waals surface area contributed by atoms with E-state index in [4.69, 9.17) is 9.47 Å². The van der Waals surface area contributed by atoms with E-state index in [1.165, 1.54) is 13.2 Å². The molecule has 2 aromatic carbocycles. The van der Waals surface area contributed by atoms with Crippen LogP contribution in [0.5, 0.6) is 11.5 Å². The van der Waals surface area contributed by atoms with Gasteiger partial charge in [0.2, 0.25) is 0 Å². The molecule has 7 heteroatoms. The van der Waals surface area contributed by atoms with E-state index in [1.54, 1.807) is 18.2 Å². The molecule has 3 rings (SSSR count). The van der Waals surface area contributed by atoms with Crippen LogP contribution in [0, 0.1) is 0 Å². The summed E-state index contributed by atoms with van der Waals surface area (Å²) < 4.78 is 49.1. The average Bonchev–Trinajstić information content (AvgIpc) is 2.97. The first kappa shape index (κ1) is 16.2. The van der Waals surface area contributed by atoms with Gasteiger partial charge in [0, 0.05) is 5.56 Å². The van der Waals surface area contributed by atoms with E-state index in [9.17, 15) is 13.2 Å². The predicted molar refractivity (Wildman–Crippen MR) is 84.3 cm³/mol. The fourth-order valence-electron chi connectivity index (χ4n) is 2.41. The number of methoxy groups -OCH3 is 1. The molecular weight excluding hydrogens is 321 g/mol. The Morgan fingerprint density at radius 2 is 1.88 bits per heavy atom. The van der Waals surface area contributed by atoms with Crippen molar-refractivity contribution in [2.24, 2.45) is 0 Å². The number of imidazole rings is 1. The summed E-state index contributed by atoms with van der Waals surface area (Å²) in [6.45, 7) is 2.32. The lowest BCUT2D eigenvalue weighted by Crippen LogP contribution is -2.04. The maximum absolute atomic E-state index is 12.8. The number of aromatic nitrogens is 2. The Hall–Kier alpha value is -2.70. The minimum atomic E-state index is -4.39. The van der Waals surface area contributed by atoms with Crippen LogP contribution in [0.25, 0.3) is 22.4 Å². The predicted octanol–water partition coefficient (Wildman–Crippen LogP) is 4.66. The number of ether oxygens (including phenoxy) is 2. The van der Waals surface area contributed by atoms with Crippen molar-refractivity contribution in [1.82, 2.24) is 9.97 Å². The Bertz CT molecular complexity index is 872. The second-order valence-corrected chi connectivity index (χ2v) is 5.11. The first-order chi connectivity index (χ1) is 11.4. The Labute approximate surface area is 136 Å². The van der Waals surface area contributed by atoms with Crippen LogP contribution < -0.4 is 9.47 Å². The third-order valence-electron chi connectivity index (χ3n) is 3.55. The number of H-pyrrole nitrogens is 1. The van der Waals surface area contributed by atoms with Gasteiger partial charge in [0.25, 0.3) is 0 Å². The molecule has 0 saturated heterocycles. The van der Waals surface area contributed by atoms with Gasteiger partial charge in [0.05, 0.1) is 30.3 Å². The normalized spacial score (nSPS) is 11.7. The summed E-state index contributed by atoms with van der Waals surface area (Å²) in [5, 5.41) is 0. The molecule has 0 saturated carbocycles. The van der Waals surface area contributed by atoms with Crippen LogP contribution in [0.1, 0.15) is 12.5 Å². The van der Waals surface area contributed by atoms with Crippen LogP contribution in [-0.2, 0) is 6.18 Å². The summed E-state index contributed by atoms with van der Waals surface area (Å²) in [6.07, 6.45) is -4.39. The van der Waals surface area contributed by atoms with Crippen molar-refractivity contribution in [1.29, 1.82) is 0 Å². The van der Waals surface area contributed by atoms with Gasteiger partial charge >= 0.3 is 6.18 Å². The molecule has 4 nitrogen and oxygen atoms in total. The largest absolute Gasteiger partial charge is 0.493 e. The minimum Gasteiger partial charge on any atom is -0.493 e. The highest BCUT2D eigenvalue weighted by molar-refractivity contribution is 5.80. The molecule has 1 heterocycles. The van der Waals surface area contributed by atoms with Crippen LogP contribution in [0.2, 0.25) is 0 Å². The van der Waals surface area contributed by atoms with Crippen LogP contribution in [-0.4, -0.2) is 23.7 Å². The standard InChI is InChI=1S/C17H15F3N2O2/c1-3-24-15-8-10(4-7-14(15)23-2)16-21-12-6-5-11(17(18,19)20)9-13(12)22-16/h4-9H,3H2,1-2H3,(H,21,22). The van der Waals surface area contributed by atoms with Gasteiger partial charge in [0.1, 0.15) is 5.82 Å². The van der Waals surface area contributed by atoms with E-state index in [2.05, 4.69) is 9.97 Å². The molecule has 24 heavy (non-hydrogen) atoms. The third-order valence-corrected chi connectivity index (χ3v) is 3.55. The number of benzene rings is 2. The van der Waals surface area contributed by atoms with Crippen LogP contribution in [0.3, 0.4) is 0 Å². The minimum absolute atomic E-state index is 0.327. The zero-order chi connectivity index (χ0) is 17.3. The SMILES string of the molecule is CCOc1cc(-c2nc3ccc(C(F)(F)F)cc3[nH]2)ccc1OC. The second-order valence-electron chi connectivity index (χ2n) is 5.11. The molecule has 0 unspecified atom stereocenters. The van der Waals surface area contributed by atoms with Crippen molar-refractivity contribution in [2.45, 2.75) is 13.1 Å². The molecule has 0 spiro atoms. The van der Waals surface area contributed by atoms with Gasteiger partial charge in [-0.3, -0.25) is 0 Å². The molecule has 1 aromatic heterocycles. The molecule has 3 aromatic rings. The average molecular weight is 336 g/mol. The summed E-state index contributed by atoms with van der Waals surface area (Å²) in [7, 11) is 1.54. The number of aromatic amines is 1. The van der Waals surface area contributed by atoms with Crippen molar-refractivity contribution < 1.29 is 22.6 Å². The van der Waals surface area contributed by atoms with Gasteiger partial charge in [0.15, 0.2) is 11.5 Å². The van der Waals surface area contributed by atoms with E-state index < -0.39 is 11.7 Å². The van der Waals surface area contributed by atoms with Gasteiger partial charge in [-0.1, -0.05) is 0 Å². The zero-order valence-electron chi connectivity index (χ0n) is 13.1. The number of rotatable bonds is 4. The van der Waals surface area contributed by atoms with E-state index in [0.717, 1.165) is 12.1 Å². The summed E-state index contributed by atoms with van der Waals surface area (Å²) >= 11 is 0. The molecule has 0 bridgehead atoms. The number of halogens is 3. The van der Waals surface area contributed by atoms with Gasteiger partial charge < -0.3 is 14.5 Å². The topological polar surface area (TPSA) is 47.1 Å². The summed E-state index contributed by atoms with van der Waals surface area (Å²) in [6, 6.07) is 8.67. The Balaban J connectivity index is 2.05. The molecule has 0 amide bonds. The summed E-state index contributed by atoms with van der Waals surface area (Å²) in [5.74, 6) is 1.60. The van der Waals surface area contributed by atoms with Gasteiger partial charge in [-0.25, -0.2) is 4.98 Å². The monoisotopic (exact) mass is 336 g/mol. The van der Waals surface area contributed by atoms with Crippen molar-refractivity contribution in [3.63, 3.8) is 0 Å². The van der Waals surface area contributed by atoms with Crippen molar-refractivity contribution >= 4 is 11.0 Å². The highest BCUT2D eigenvalue weighted by atomic mass is 19.4. The lowest BCUT2D eigenvalue weighted by atomic mass is 10.2. The van der Waals surface area contributed by atoms with Gasteiger partial charge in [-0.15, -0.1) is 0 Å². The quantitative estimate of drug-likeness (QED) is 0.754. The maximum Gasteiger partial charge on any atom is 0.416 e. The first-order valence-corrected chi connectivity index (χ1v) is 7.30. The first-order valence-electron chi connectivity index (χ1n) is 7.30. The van der Waals surface area contributed by atoms with Crippen LogP contribution in [0.15, 0.2) is 36.4 Å². The second kappa shape index (κ2) is 6.07.